The summed E-state index contributed by atoms with van der Waals surface area (Å²) in [6.07, 6.45) is 0.702. The Morgan fingerprint density at radius 1 is 1.03 bits per heavy atom. The zero-order valence-corrected chi connectivity index (χ0v) is 24.9. The van der Waals surface area contributed by atoms with Crippen LogP contribution in [0, 0.1) is 5.82 Å². The molecule has 0 saturated carbocycles. The van der Waals surface area contributed by atoms with Crippen molar-refractivity contribution < 1.29 is 22.4 Å². The molecule has 11 heteroatoms. The Morgan fingerprint density at radius 2 is 1.67 bits per heavy atom. The predicted octanol–water partition coefficient (Wildman–Crippen LogP) is 5.77. The van der Waals surface area contributed by atoms with Crippen LogP contribution in [0.4, 0.5) is 10.1 Å². The second kappa shape index (κ2) is 13.4. The van der Waals surface area contributed by atoms with Gasteiger partial charge in [-0.15, -0.1) is 0 Å². The SMILES string of the molecule is CCC(C)NC(=O)C(C)N(Cc1ccc(Br)cc1)C(=O)CN(c1ccc(F)c(Cl)c1)S(=O)(=O)c1ccccc1. The molecule has 2 atom stereocenters. The third kappa shape index (κ3) is 7.80. The molecule has 208 valence electrons. The lowest BCUT2D eigenvalue weighted by atomic mass is 10.1. The van der Waals surface area contributed by atoms with Gasteiger partial charge in [0.05, 0.1) is 15.6 Å². The van der Waals surface area contributed by atoms with Crippen LogP contribution in [0.5, 0.6) is 0 Å². The van der Waals surface area contributed by atoms with Crippen LogP contribution < -0.4 is 9.62 Å². The summed E-state index contributed by atoms with van der Waals surface area (Å²) in [5, 5.41) is 2.59. The van der Waals surface area contributed by atoms with Gasteiger partial charge in [0.1, 0.15) is 18.4 Å². The van der Waals surface area contributed by atoms with Gasteiger partial charge in [0.25, 0.3) is 10.0 Å². The second-order valence-corrected chi connectivity index (χ2v) is 12.3. The molecule has 7 nitrogen and oxygen atoms in total. The van der Waals surface area contributed by atoms with Gasteiger partial charge < -0.3 is 10.2 Å². The minimum absolute atomic E-state index is 0.0129. The number of rotatable bonds is 11. The molecular formula is C28H30BrClFN3O4S. The molecule has 3 aromatic carbocycles. The summed E-state index contributed by atoms with van der Waals surface area (Å²) in [5.41, 5.74) is 0.760. The highest BCUT2D eigenvalue weighted by atomic mass is 79.9. The molecule has 0 radical (unpaired) electrons. The van der Waals surface area contributed by atoms with Crippen LogP contribution in [0.2, 0.25) is 5.02 Å². The molecule has 1 N–H and O–H groups in total. The Morgan fingerprint density at radius 3 is 2.26 bits per heavy atom. The number of carbonyl (C=O) groups is 2. The summed E-state index contributed by atoms with van der Waals surface area (Å²) < 4.78 is 43.1. The van der Waals surface area contributed by atoms with Crippen molar-refractivity contribution in [1.29, 1.82) is 0 Å². The molecule has 0 heterocycles. The van der Waals surface area contributed by atoms with Gasteiger partial charge in [-0.25, -0.2) is 12.8 Å². The van der Waals surface area contributed by atoms with Gasteiger partial charge in [-0.3, -0.25) is 13.9 Å². The van der Waals surface area contributed by atoms with Crippen molar-refractivity contribution >= 4 is 55.1 Å². The molecule has 0 aliphatic carbocycles. The molecule has 39 heavy (non-hydrogen) atoms. The number of nitrogens with one attached hydrogen (secondary N) is 1. The van der Waals surface area contributed by atoms with Gasteiger partial charge in [0.15, 0.2) is 0 Å². The summed E-state index contributed by atoms with van der Waals surface area (Å²) in [6.45, 7) is 4.80. The van der Waals surface area contributed by atoms with Crippen molar-refractivity contribution in [3.8, 4) is 0 Å². The van der Waals surface area contributed by atoms with E-state index in [9.17, 15) is 22.4 Å². The average molecular weight is 639 g/mol. The molecule has 0 saturated heterocycles. The van der Waals surface area contributed by atoms with Crippen LogP contribution in [-0.4, -0.2) is 43.8 Å². The normalized spacial score (nSPS) is 12.9. The zero-order valence-electron chi connectivity index (χ0n) is 21.8. The van der Waals surface area contributed by atoms with E-state index >= 15 is 0 Å². The van der Waals surface area contributed by atoms with Crippen LogP contribution in [-0.2, 0) is 26.2 Å². The van der Waals surface area contributed by atoms with Crippen molar-refractivity contribution in [2.45, 2.75) is 50.7 Å². The third-order valence-corrected chi connectivity index (χ3v) is 8.84. The second-order valence-electron chi connectivity index (χ2n) is 9.07. The first kappa shape index (κ1) is 30.6. The molecule has 0 fully saturated rings. The number of nitrogens with zero attached hydrogens (tertiary/aromatic N) is 2. The molecule has 0 aliphatic heterocycles. The number of carbonyl (C=O) groups excluding carboxylic acids is 2. The van der Waals surface area contributed by atoms with E-state index in [1.807, 2.05) is 38.1 Å². The maximum atomic E-state index is 13.9. The van der Waals surface area contributed by atoms with Crippen LogP contribution in [0.3, 0.4) is 0 Å². The van der Waals surface area contributed by atoms with Crippen LogP contribution >= 0.6 is 27.5 Å². The molecule has 0 aromatic heterocycles. The van der Waals surface area contributed by atoms with Crippen LogP contribution in [0.1, 0.15) is 32.8 Å². The standard InChI is InChI=1S/C28H30BrClFN3O4S/c1-4-19(2)32-28(36)20(3)33(17-21-10-12-22(29)13-11-21)27(35)18-34(23-14-15-26(31)25(30)16-23)39(37,38)24-8-6-5-7-9-24/h5-16,19-20H,4,17-18H2,1-3H3,(H,32,36). The third-order valence-electron chi connectivity index (χ3n) is 6.24. The highest BCUT2D eigenvalue weighted by Gasteiger charge is 2.33. The summed E-state index contributed by atoms with van der Waals surface area (Å²) in [7, 11) is -4.26. The van der Waals surface area contributed by atoms with Crippen molar-refractivity contribution in [2.75, 3.05) is 10.8 Å². The largest absolute Gasteiger partial charge is 0.352 e. The van der Waals surface area contributed by atoms with E-state index < -0.39 is 34.3 Å². The fourth-order valence-electron chi connectivity index (χ4n) is 3.72. The predicted molar refractivity (Wildman–Crippen MR) is 154 cm³/mol. The van der Waals surface area contributed by atoms with E-state index in [0.717, 1.165) is 26.5 Å². The summed E-state index contributed by atoms with van der Waals surface area (Å²) in [4.78, 5) is 28.2. The quantitative estimate of drug-likeness (QED) is 0.289. The first-order chi connectivity index (χ1) is 18.4. The lowest BCUT2D eigenvalue weighted by molar-refractivity contribution is -0.139. The Balaban J connectivity index is 2.03. The van der Waals surface area contributed by atoms with E-state index in [2.05, 4.69) is 21.2 Å². The Bertz CT molecular complexity index is 1410. The molecule has 0 aliphatic rings. The van der Waals surface area contributed by atoms with E-state index in [-0.39, 0.29) is 34.1 Å². The Kier molecular flexibility index (Phi) is 10.5. The minimum Gasteiger partial charge on any atom is -0.352 e. The average Bonchev–Trinajstić information content (AvgIpc) is 2.92. The Hall–Kier alpha value is -2.95. The van der Waals surface area contributed by atoms with Crippen LogP contribution in [0.25, 0.3) is 0 Å². The van der Waals surface area contributed by atoms with E-state index in [1.165, 1.54) is 23.1 Å². The fraction of sp³-hybridized carbons (Fsp3) is 0.286. The lowest BCUT2D eigenvalue weighted by Crippen LogP contribution is -2.52. The monoisotopic (exact) mass is 637 g/mol. The number of benzene rings is 3. The summed E-state index contributed by atoms with van der Waals surface area (Å²) in [6, 6.07) is 17.3. The Labute approximate surface area is 242 Å². The van der Waals surface area contributed by atoms with Gasteiger partial charge in [-0.2, -0.15) is 0 Å². The fourth-order valence-corrected chi connectivity index (χ4v) is 5.59. The maximum absolute atomic E-state index is 13.9. The number of hydrogen-bond acceptors (Lipinski definition) is 4. The summed E-state index contributed by atoms with van der Waals surface area (Å²) >= 11 is 9.36. The molecular weight excluding hydrogens is 609 g/mol. The van der Waals surface area contributed by atoms with Gasteiger partial charge in [-0.05, 0) is 68.3 Å². The van der Waals surface area contributed by atoms with E-state index in [1.54, 1.807) is 25.1 Å². The van der Waals surface area contributed by atoms with Crippen molar-refractivity contribution in [3.05, 3.63) is 93.7 Å². The number of anilines is 1. The number of sulfonamides is 1. The zero-order chi connectivity index (χ0) is 28.7. The minimum atomic E-state index is -4.26. The highest BCUT2D eigenvalue weighted by molar-refractivity contribution is 9.10. The lowest BCUT2D eigenvalue weighted by Gasteiger charge is -2.32. The van der Waals surface area contributed by atoms with Gasteiger partial charge in [-0.1, -0.05) is 64.8 Å². The molecule has 2 amide bonds. The van der Waals surface area contributed by atoms with E-state index in [0.29, 0.717) is 6.42 Å². The number of halogens is 3. The topological polar surface area (TPSA) is 86.8 Å². The molecule has 3 rings (SSSR count). The van der Waals surface area contributed by atoms with Gasteiger partial charge in [0.2, 0.25) is 11.8 Å². The van der Waals surface area contributed by atoms with Crippen molar-refractivity contribution in [1.82, 2.24) is 10.2 Å². The molecule has 0 spiro atoms. The molecule has 2 unspecified atom stereocenters. The number of amides is 2. The van der Waals surface area contributed by atoms with Gasteiger partial charge in [0, 0.05) is 17.1 Å². The molecule has 0 bridgehead atoms. The van der Waals surface area contributed by atoms with Crippen LogP contribution in [0.15, 0.2) is 82.2 Å². The van der Waals surface area contributed by atoms with Crippen molar-refractivity contribution in [2.24, 2.45) is 0 Å². The van der Waals surface area contributed by atoms with Gasteiger partial charge >= 0.3 is 0 Å². The molecule has 3 aromatic rings. The first-order valence-electron chi connectivity index (χ1n) is 12.3. The first-order valence-corrected chi connectivity index (χ1v) is 14.9. The maximum Gasteiger partial charge on any atom is 0.264 e. The smallest absolute Gasteiger partial charge is 0.264 e. The number of hydrogen-bond donors (Lipinski definition) is 1. The van der Waals surface area contributed by atoms with E-state index in [4.69, 9.17) is 11.6 Å². The summed E-state index contributed by atoms with van der Waals surface area (Å²) in [5.74, 6) is -1.71. The van der Waals surface area contributed by atoms with Crippen molar-refractivity contribution in [3.63, 3.8) is 0 Å². The highest BCUT2D eigenvalue weighted by Crippen LogP contribution is 2.28.